The molecule has 0 radical (unpaired) electrons. The predicted molar refractivity (Wildman–Crippen MR) is 82.9 cm³/mol. The summed E-state index contributed by atoms with van der Waals surface area (Å²) in [7, 11) is -4.59. The summed E-state index contributed by atoms with van der Waals surface area (Å²) in [4.78, 5) is 13.7. The van der Waals surface area contributed by atoms with E-state index in [1.807, 2.05) is 4.90 Å². The number of hydrogen-bond acceptors (Lipinski definition) is 3. The molecular weight excluding hydrogens is 324 g/mol. The van der Waals surface area contributed by atoms with Crippen LogP contribution < -0.4 is 0 Å². The molecule has 1 aliphatic heterocycles. The van der Waals surface area contributed by atoms with Crippen LogP contribution in [-0.4, -0.2) is 38.1 Å². The topological polar surface area (TPSA) is 54.5 Å². The molecule has 2 rings (SSSR count). The van der Waals surface area contributed by atoms with Crippen LogP contribution >= 0.6 is 0 Å². The first kappa shape index (κ1) is 17.8. The van der Waals surface area contributed by atoms with Crippen molar-refractivity contribution in [3.8, 4) is 0 Å². The van der Waals surface area contributed by atoms with Crippen molar-refractivity contribution in [1.29, 1.82) is 0 Å². The number of halogens is 2. The molecular formula is C16H21F2NO3S. The number of sulfone groups is 1. The van der Waals surface area contributed by atoms with Crippen molar-refractivity contribution in [3.63, 3.8) is 0 Å². The van der Waals surface area contributed by atoms with Crippen molar-refractivity contribution < 1.29 is 22.0 Å². The maximum atomic E-state index is 12.5. The molecule has 0 spiro atoms. The van der Waals surface area contributed by atoms with Gasteiger partial charge in [0.15, 0.2) is 0 Å². The predicted octanol–water partition coefficient (Wildman–Crippen LogP) is 2.73. The molecule has 1 aliphatic rings. The lowest BCUT2D eigenvalue weighted by Crippen LogP contribution is -2.43. The highest BCUT2D eigenvalue weighted by Gasteiger charge is 2.27. The van der Waals surface area contributed by atoms with Gasteiger partial charge in [-0.3, -0.25) is 4.79 Å². The van der Waals surface area contributed by atoms with Gasteiger partial charge in [0.25, 0.3) is 0 Å². The summed E-state index contributed by atoms with van der Waals surface area (Å²) in [6.07, 6.45) is 1.25. The first-order chi connectivity index (χ1) is 10.7. The fourth-order valence-corrected chi connectivity index (χ4v) is 3.77. The smallest absolute Gasteiger partial charge is 0.341 e. The monoisotopic (exact) mass is 345 g/mol. The van der Waals surface area contributed by atoms with Crippen LogP contribution in [0.15, 0.2) is 29.2 Å². The molecule has 2 atom stereocenters. The Kier molecular flexibility index (Phi) is 5.39. The summed E-state index contributed by atoms with van der Waals surface area (Å²) < 4.78 is 47.7. The van der Waals surface area contributed by atoms with Crippen LogP contribution in [0.4, 0.5) is 8.78 Å². The van der Waals surface area contributed by atoms with E-state index >= 15 is 0 Å². The van der Waals surface area contributed by atoms with Crippen LogP contribution in [0.25, 0.3) is 0 Å². The lowest BCUT2D eigenvalue weighted by atomic mass is 9.91. The summed E-state index contributed by atoms with van der Waals surface area (Å²) in [5.74, 6) is -2.54. The Morgan fingerprint density at radius 2 is 1.70 bits per heavy atom. The van der Waals surface area contributed by atoms with Gasteiger partial charge in [0.1, 0.15) is 0 Å². The van der Waals surface area contributed by atoms with Crippen LogP contribution in [0.2, 0.25) is 0 Å². The number of amides is 1. The zero-order valence-corrected chi connectivity index (χ0v) is 14.0. The summed E-state index contributed by atoms with van der Waals surface area (Å²) in [6, 6.07) is 5.10. The zero-order valence-electron chi connectivity index (χ0n) is 13.2. The van der Waals surface area contributed by atoms with E-state index in [-0.39, 0.29) is 12.3 Å². The standard InChI is InChI=1S/C16H21F2NO3S/c1-11-7-12(2)10-19(9-11)15(20)8-13-3-5-14(6-4-13)23(21,22)16(17)18/h3-6,11-12,16H,7-10H2,1-2H3/t11-,12-/m1/s1. The number of rotatable bonds is 4. The molecule has 1 aromatic carbocycles. The van der Waals surface area contributed by atoms with Gasteiger partial charge in [-0.05, 0) is 36.0 Å². The van der Waals surface area contributed by atoms with Crippen molar-refractivity contribution in [2.75, 3.05) is 13.1 Å². The molecule has 0 unspecified atom stereocenters. The lowest BCUT2D eigenvalue weighted by molar-refractivity contribution is -0.133. The van der Waals surface area contributed by atoms with Crippen molar-refractivity contribution in [2.45, 2.75) is 37.3 Å². The van der Waals surface area contributed by atoms with Gasteiger partial charge in [0.05, 0.1) is 11.3 Å². The van der Waals surface area contributed by atoms with Crippen molar-refractivity contribution >= 4 is 15.7 Å². The minimum Gasteiger partial charge on any atom is -0.342 e. The Labute approximate surface area is 135 Å². The van der Waals surface area contributed by atoms with Crippen LogP contribution in [0, 0.1) is 11.8 Å². The van der Waals surface area contributed by atoms with Gasteiger partial charge in [-0.25, -0.2) is 8.42 Å². The number of benzene rings is 1. The second-order valence-electron chi connectivity index (χ2n) is 6.37. The fraction of sp³-hybridized carbons (Fsp3) is 0.562. The molecule has 1 heterocycles. The molecule has 1 aromatic rings. The van der Waals surface area contributed by atoms with Crippen LogP contribution in [0.1, 0.15) is 25.8 Å². The molecule has 1 fully saturated rings. The normalized spacial score (nSPS) is 22.4. The maximum absolute atomic E-state index is 12.5. The van der Waals surface area contributed by atoms with E-state index in [2.05, 4.69) is 13.8 Å². The van der Waals surface area contributed by atoms with Crippen LogP contribution in [0.5, 0.6) is 0 Å². The fourth-order valence-electron chi connectivity index (χ4n) is 3.05. The molecule has 0 bridgehead atoms. The molecule has 0 aromatic heterocycles. The minimum atomic E-state index is -4.59. The first-order valence-corrected chi connectivity index (χ1v) is 9.13. The van der Waals surface area contributed by atoms with E-state index in [4.69, 9.17) is 0 Å². The summed E-state index contributed by atoms with van der Waals surface area (Å²) in [6.45, 7) is 5.67. The molecule has 4 nitrogen and oxygen atoms in total. The average Bonchev–Trinajstić information content (AvgIpc) is 2.46. The van der Waals surface area contributed by atoms with Crippen LogP contribution in [0.3, 0.4) is 0 Å². The molecule has 0 saturated carbocycles. The Hall–Kier alpha value is -1.50. The Morgan fingerprint density at radius 3 is 2.17 bits per heavy atom. The molecule has 128 valence electrons. The van der Waals surface area contributed by atoms with E-state index < -0.39 is 20.5 Å². The highest BCUT2D eigenvalue weighted by atomic mass is 32.2. The number of alkyl halides is 2. The van der Waals surface area contributed by atoms with E-state index in [0.717, 1.165) is 31.6 Å². The van der Waals surface area contributed by atoms with Gasteiger partial charge >= 0.3 is 5.76 Å². The number of carbonyl (C=O) groups excluding carboxylic acids is 1. The second-order valence-corrected chi connectivity index (χ2v) is 8.29. The largest absolute Gasteiger partial charge is 0.342 e. The third kappa shape index (κ3) is 4.28. The SMILES string of the molecule is C[C@@H]1C[C@@H](C)CN(C(=O)Cc2ccc(S(=O)(=O)C(F)F)cc2)C1. The quantitative estimate of drug-likeness (QED) is 0.843. The number of piperidine rings is 1. The zero-order chi connectivity index (χ0) is 17.2. The van der Waals surface area contributed by atoms with Gasteiger partial charge in [-0.15, -0.1) is 0 Å². The van der Waals surface area contributed by atoms with E-state index in [1.54, 1.807) is 0 Å². The Balaban J connectivity index is 2.05. The molecule has 0 aliphatic carbocycles. The molecule has 1 amide bonds. The third-order valence-electron chi connectivity index (χ3n) is 4.06. The summed E-state index contributed by atoms with van der Waals surface area (Å²) in [5.41, 5.74) is 0.620. The highest BCUT2D eigenvalue weighted by Crippen LogP contribution is 2.22. The Morgan fingerprint density at radius 1 is 1.17 bits per heavy atom. The van der Waals surface area contributed by atoms with Crippen molar-refractivity contribution in [1.82, 2.24) is 4.90 Å². The number of likely N-dealkylation sites (tertiary alicyclic amines) is 1. The van der Waals surface area contributed by atoms with Gasteiger partial charge in [-0.1, -0.05) is 26.0 Å². The Bertz CT molecular complexity index is 648. The van der Waals surface area contributed by atoms with Gasteiger partial charge < -0.3 is 4.90 Å². The van der Waals surface area contributed by atoms with Crippen molar-refractivity contribution in [2.24, 2.45) is 11.8 Å². The molecule has 23 heavy (non-hydrogen) atoms. The van der Waals surface area contributed by atoms with Gasteiger partial charge in [0, 0.05) is 13.1 Å². The van der Waals surface area contributed by atoms with Gasteiger partial charge in [-0.2, -0.15) is 8.78 Å². The van der Waals surface area contributed by atoms with Gasteiger partial charge in [0.2, 0.25) is 15.7 Å². The third-order valence-corrected chi connectivity index (χ3v) is 5.46. The first-order valence-electron chi connectivity index (χ1n) is 7.59. The molecule has 7 heteroatoms. The highest BCUT2D eigenvalue weighted by molar-refractivity contribution is 7.91. The number of hydrogen-bond donors (Lipinski definition) is 0. The average molecular weight is 345 g/mol. The van der Waals surface area contributed by atoms with Crippen LogP contribution in [-0.2, 0) is 21.1 Å². The number of nitrogens with zero attached hydrogens (tertiary/aromatic N) is 1. The maximum Gasteiger partial charge on any atom is 0.341 e. The minimum absolute atomic E-state index is 0.0205. The molecule has 0 N–H and O–H groups in total. The van der Waals surface area contributed by atoms with Crippen molar-refractivity contribution in [3.05, 3.63) is 29.8 Å². The number of carbonyl (C=O) groups is 1. The summed E-state index contributed by atoms with van der Waals surface area (Å²) in [5, 5.41) is 0. The van der Waals surface area contributed by atoms with E-state index in [1.165, 1.54) is 12.1 Å². The van der Waals surface area contributed by atoms with E-state index in [0.29, 0.717) is 17.4 Å². The lowest BCUT2D eigenvalue weighted by Gasteiger charge is -2.35. The summed E-state index contributed by atoms with van der Waals surface area (Å²) >= 11 is 0. The van der Waals surface area contributed by atoms with E-state index in [9.17, 15) is 22.0 Å². The second kappa shape index (κ2) is 6.95. The molecule has 1 saturated heterocycles.